The second-order valence-corrected chi connectivity index (χ2v) is 7.19. The molecule has 1 N–H and O–H groups in total. The zero-order chi connectivity index (χ0) is 21.9. The van der Waals surface area contributed by atoms with Crippen molar-refractivity contribution in [2.75, 3.05) is 11.9 Å². The van der Waals surface area contributed by atoms with E-state index in [-0.39, 0.29) is 30.4 Å². The Morgan fingerprint density at radius 2 is 1.97 bits per heavy atom. The standard InChI is InChI=1S/C16H17F5N4O3S/c1-4-28-14(27)10-11(16(19,20)21)23-15(29-10)24-13(26)8-5-22-25(6-7(2)3)9(8)12(17)18/h5,7,12H,4,6H2,1-3H3,(H,23,24,26). The number of carbonyl (C=O) groups excluding carboxylic acids is 2. The number of ether oxygens (including phenoxy) is 1. The summed E-state index contributed by atoms with van der Waals surface area (Å²) in [6.45, 7) is 4.90. The van der Waals surface area contributed by atoms with E-state index >= 15 is 0 Å². The largest absolute Gasteiger partial charge is 0.462 e. The fourth-order valence-corrected chi connectivity index (χ4v) is 3.23. The minimum Gasteiger partial charge on any atom is -0.462 e. The van der Waals surface area contributed by atoms with Crippen LogP contribution in [0.15, 0.2) is 6.20 Å². The number of carbonyl (C=O) groups is 2. The Labute approximate surface area is 165 Å². The molecule has 0 saturated heterocycles. The van der Waals surface area contributed by atoms with Crippen LogP contribution in [0, 0.1) is 5.92 Å². The van der Waals surface area contributed by atoms with Crippen LogP contribution in [-0.2, 0) is 17.5 Å². The first-order valence-corrected chi connectivity index (χ1v) is 9.17. The van der Waals surface area contributed by atoms with Gasteiger partial charge in [-0.15, -0.1) is 0 Å². The zero-order valence-electron chi connectivity index (χ0n) is 15.5. The molecule has 0 aliphatic heterocycles. The maximum absolute atomic E-state index is 13.4. The van der Waals surface area contributed by atoms with Gasteiger partial charge in [-0.1, -0.05) is 25.2 Å². The summed E-state index contributed by atoms with van der Waals surface area (Å²) in [6, 6.07) is 0. The first-order chi connectivity index (χ1) is 13.5. The highest BCUT2D eigenvalue weighted by atomic mass is 32.1. The fourth-order valence-electron chi connectivity index (χ4n) is 2.36. The molecule has 7 nitrogen and oxygen atoms in total. The summed E-state index contributed by atoms with van der Waals surface area (Å²) < 4.78 is 71.8. The molecule has 2 heterocycles. The van der Waals surface area contributed by atoms with E-state index in [0.29, 0.717) is 0 Å². The van der Waals surface area contributed by atoms with E-state index in [4.69, 9.17) is 0 Å². The Balaban J connectivity index is 2.36. The smallest absolute Gasteiger partial charge is 0.435 e. The number of alkyl halides is 5. The lowest BCUT2D eigenvalue weighted by Gasteiger charge is -2.10. The van der Waals surface area contributed by atoms with E-state index in [2.05, 4.69) is 14.8 Å². The Bertz CT molecular complexity index is 892. The second-order valence-electron chi connectivity index (χ2n) is 6.19. The van der Waals surface area contributed by atoms with Gasteiger partial charge < -0.3 is 4.74 Å². The van der Waals surface area contributed by atoms with Gasteiger partial charge in [0.2, 0.25) is 0 Å². The monoisotopic (exact) mass is 440 g/mol. The van der Waals surface area contributed by atoms with Crippen LogP contribution in [0.2, 0.25) is 0 Å². The summed E-state index contributed by atoms with van der Waals surface area (Å²) in [7, 11) is 0. The molecule has 160 valence electrons. The summed E-state index contributed by atoms with van der Waals surface area (Å²) in [6.07, 6.45) is -7.10. The molecule has 29 heavy (non-hydrogen) atoms. The van der Waals surface area contributed by atoms with Gasteiger partial charge in [0.05, 0.1) is 18.4 Å². The number of nitrogens with zero attached hydrogens (tertiary/aromatic N) is 3. The predicted molar refractivity (Wildman–Crippen MR) is 93.0 cm³/mol. The van der Waals surface area contributed by atoms with E-state index in [9.17, 15) is 31.5 Å². The van der Waals surface area contributed by atoms with Crippen molar-refractivity contribution in [1.82, 2.24) is 14.8 Å². The third-order valence-electron chi connectivity index (χ3n) is 3.45. The molecule has 0 radical (unpaired) electrons. The summed E-state index contributed by atoms with van der Waals surface area (Å²) in [4.78, 5) is 26.5. The molecule has 2 rings (SSSR count). The molecule has 2 aromatic rings. The number of rotatable bonds is 7. The van der Waals surface area contributed by atoms with Crippen molar-refractivity contribution in [3.63, 3.8) is 0 Å². The molecular weight excluding hydrogens is 423 g/mol. The number of amides is 1. The van der Waals surface area contributed by atoms with Crippen molar-refractivity contribution in [2.45, 2.75) is 39.9 Å². The first kappa shape index (κ1) is 22.7. The molecule has 0 aliphatic carbocycles. The van der Waals surface area contributed by atoms with Gasteiger partial charge in [0.25, 0.3) is 12.3 Å². The lowest BCUT2D eigenvalue weighted by atomic mass is 10.2. The summed E-state index contributed by atoms with van der Waals surface area (Å²) >= 11 is 0.237. The molecule has 0 fully saturated rings. The SMILES string of the molecule is CCOC(=O)c1sc(NC(=O)c2cnn(CC(C)C)c2C(F)F)nc1C(F)(F)F. The van der Waals surface area contributed by atoms with Crippen LogP contribution in [0.1, 0.15) is 58.6 Å². The van der Waals surface area contributed by atoms with Crippen LogP contribution in [0.3, 0.4) is 0 Å². The van der Waals surface area contributed by atoms with E-state index in [0.717, 1.165) is 10.9 Å². The molecule has 0 unspecified atom stereocenters. The number of anilines is 1. The van der Waals surface area contributed by atoms with Crippen molar-refractivity contribution in [3.8, 4) is 0 Å². The van der Waals surface area contributed by atoms with Crippen LogP contribution in [0.25, 0.3) is 0 Å². The molecule has 0 aliphatic rings. The Morgan fingerprint density at radius 3 is 2.48 bits per heavy atom. The lowest BCUT2D eigenvalue weighted by Crippen LogP contribution is -2.17. The van der Waals surface area contributed by atoms with Gasteiger partial charge in [-0.25, -0.2) is 18.6 Å². The number of thiazole rings is 1. The van der Waals surface area contributed by atoms with Gasteiger partial charge in [-0.2, -0.15) is 18.3 Å². The van der Waals surface area contributed by atoms with Gasteiger partial charge in [0.1, 0.15) is 10.6 Å². The van der Waals surface area contributed by atoms with E-state index in [1.54, 1.807) is 13.8 Å². The van der Waals surface area contributed by atoms with Crippen LogP contribution in [0.5, 0.6) is 0 Å². The molecular formula is C16H17F5N4O3S. The van der Waals surface area contributed by atoms with E-state index < -0.39 is 51.4 Å². The van der Waals surface area contributed by atoms with Gasteiger partial charge in [0, 0.05) is 6.54 Å². The first-order valence-electron chi connectivity index (χ1n) is 8.36. The van der Waals surface area contributed by atoms with Gasteiger partial charge in [-0.3, -0.25) is 14.8 Å². The van der Waals surface area contributed by atoms with Crippen LogP contribution >= 0.6 is 11.3 Å². The van der Waals surface area contributed by atoms with Crippen molar-refractivity contribution >= 4 is 28.3 Å². The molecule has 0 atom stereocenters. The number of hydrogen-bond donors (Lipinski definition) is 1. The number of esters is 1. The van der Waals surface area contributed by atoms with Crippen molar-refractivity contribution in [3.05, 3.63) is 28.0 Å². The van der Waals surface area contributed by atoms with Gasteiger partial charge in [0.15, 0.2) is 10.8 Å². The van der Waals surface area contributed by atoms with Crippen LogP contribution < -0.4 is 5.32 Å². The number of aromatic nitrogens is 3. The summed E-state index contributed by atoms with van der Waals surface area (Å²) in [5.74, 6) is -2.41. The Kier molecular flexibility index (Phi) is 6.93. The predicted octanol–water partition coefficient (Wildman–Crippen LogP) is 4.38. The average molecular weight is 440 g/mol. The highest BCUT2D eigenvalue weighted by Gasteiger charge is 2.40. The summed E-state index contributed by atoms with van der Waals surface area (Å²) in [5, 5.41) is 5.20. The molecule has 1 amide bonds. The van der Waals surface area contributed by atoms with Crippen molar-refractivity contribution in [2.24, 2.45) is 5.92 Å². The van der Waals surface area contributed by atoms with E-state index in [1.807, 2.05) is 5.32 Å². The number of halogens is 5. The molecule has 0 spiro atoms. The Hall–Kier alpha value is -2.57. The number of nitrogens with one attached hydrogen (secondary N) is 1. The molecule has 2 aromatic heterocycles. The molecule has 0 bridgehead atoms. The fraction of sp³-hybridized carbons (Fsp3) is 0.500. The Morgan fingerprint density at radius 1 is 1.31 bits per heavy atom. The minimum atomic E-state index is -4.97. The molecule has 0 aromatic carbocycles. The minimum absolute atomic E-state index is 0.0382. The van der Waals surface area contributed by atoms with Crippen LogP contribution in [-0.4, -0.2) is 33.2 Å². The number of hydrogen-bond acceptors (Lipinski definition) is 6. The van der Waals surface area contributed by atoms with Gasteiger partial charge in [-0.05, 0) is 12.8 Å². The maximum atomic E-state index is 13.4. The maximum Gasteiger partial charge on any atom is 0.435 e. The quantitative estimate of drug-likeness (QED) is 0.510. The molecule has 0 saturated carbocycles. The van der Waals surface area contributed by atoms with Crippen molar-refractivity contribution < 1.29 is 36.3 Å². The summed E-state index contributed by atoms with van der Waals surface area (Å²) in [5.41, 5.74) is -2.68. The highest BCUT2D eigenvalue weighted by molar-refractivity contribution is 7.17. The zero-order valence-corrected chi connectivity index (χ0v) is 16.3. The third kappa shape index (κ3) is 5.28. The second kappa shape index (κ2) is 8.84. The lowest BCUT2D eigenvalue weighted by molar-refractivity contribution is -0.141. The third-order valence-corrected chi connectivity index (χ3v) is 4.40. The van der Waals surface area contributed by atoms with E-state index in [1.165, 1.54) is 6.92 Å². The van der Waals surface area contributed by atoms with Crippen LogP contribution in [0.4, 0.5) is 27.1 Å². The van der Waals surface area contributed by atoms with Crippen molar-refractivity contribution in [1.29, 1.82) is 0 Å². The topological polar surface area (TPSA) is 86.1 Å². The van der Waals surface area contributed by atoms with Gasteiger partial charge >= 0.3 is 12.1 Å². The highest BCUT2D eigenvalue weighted by Crippen LogP contribution is 2.37. The average Bonchev–Trinajstić information content (AvgIpc) is 3.18. The molecule has 13 heteroatoms. The normalized spacial score (nSPS) is 11.9.